The highest BCUT2D eigenvalue weighted by molar-refractivity contribution is 6.20. The van der Waals surface area contributed by atoms with Crippen LogP contribution >= 0.6 is 11.6 Å². The van der Waals surface area contributed by atoms with Crippen LogP contribution in [0.4, 0.5) is 4.39 Å². The van der Waals surface area contributed by atoms with Gasteiger partial charge >= 0.3 is 0 Å². The number of imidazole rings is 1. The molecule has 0 N–H and O–H groups in total. The van der Waals surface area contributed by atoms with Crippen molar-refractivity contribution in [2.24, 2.45) is 5.92 Å². The summed E-state index contributed by atoms with van der Waals surface area (Å²) in [6.07, 6.45) is 7.95. The third-order valence-corrected chi connectivity index (χ3v) is 4.78. The van der Waals surface area contributed by atoms with E-state index < -0.39 is 0 Å². The standard InChI is InChI=1S/C17H22ClFN2/c1-12(18)17-20-15-11-14(19)7-8-16(15)21(17)10-9-13-5-3-2-4-6-13/h7-8,11-13H,2-6,9-10H2,1H3. The van der Waals surface area contributed by atoms with Crippen molar-refractivity contribution < 1.29 is 4.39 Å². The van der Waals surface area contributed by atoms with Crippen LogP contribution in [0.2, 0.25) is 0 Å². The van der Waals surface area contributed by atoms with Crippen LogP contribution in [0.25, 0.3) is 11.0 Å². The van der Waals surface area contributed by atoms with Crippen molar-refractivity contribution >= 4 is 22.6 Å². The number of halogens is 2. The molecule has 1 heterocycles. The summed E-state index contributed by atoms with van der Waals surface area (Å²) < 4.78 is 15.6. The van der Waals surface area contributed by atoms with E-state index in [2.05, 4.69) is 9.55 Å². The van der Waals surface area contributed by atoms with Crippen molar-refractivity contribution in [3.05, 3.63) is 29.8 Å². The SMILES string of the molecule is CC(Cl)c1nc2cc(F)ccc2n1CCC1CCCCC1. The molecule has 21 heavy (non-hydrogen) atoms. The first-order chi connectivity index (χ1) is 10.1. The van der Waals surface area contributed by atoms with Gasteiger partial charge < -0.3 is 4.57 Å². The molecular weight excluding hydrogens is 287 g/mol. The predicted octanol–water partition coefficient (Wildman–Crippen LogP) is 5.45. The van der Waals surface area contributed by atoms with Gasteiger partial charge in [-0.25, -0.2) is 9.37 Å². The summed E-state index contributed by atoms with van der Waals surface area (Å²) in [6.45, 7) is 2.86. The maximum absolute atomic E-state index is 13.4. The normalized spacial score (nSPS) is 18.2. The van der Waals surface area contributed by atoms with E-state index in [1.54, 1.807) is 0 Å². The molecule has 1 aliphatic carbocycles. The molecule has 1 aliphatic rings. The molecule has 1 unspecified atom stereocenters. The van der Waals surface area contributed by atoms with E-state index in [0.717, 1.165) is 23.8 Å². The second-order valence-electron chi connectivity index (χ2n) is 6.16. The molecule has 0 bridgehead atoms. The number of aryl methyl sites for hydroxylation is 1. The third kappa shape index (κ3) is 3.23. The van der Waals surface area contributed by atoms with Crippen molar-refractivity contribution in [2.75, 3.05) is 0 Å². The highest BCUT2D eigenvalue weighted by atomic mass is 35.5. The lowest BCUT2D eigenvalue weighted by Gasteiger charge is -2.22. The Labute approximate surface area is 130 Å². The van der Waals surface area contributed by atoms with Crippen molar-refractivity contribution in [1.29, 1.82) is 0 Å². The molecule has 0 aliphatic heterocycles. The van der Waals surface area contributed by atoms with Gasteiger partial charge in [-0.15, -0.1) is 11.6 Å². The fourth-order valence-electron chi connectivity index (χ4n) is 3.45. The minimum absolute atomic E-state index is 0.160. The van der Waals surface area contributed by atoms with E-state index in [1.165, 1.54) is 50.7 Å². The fourth-order valence-corrected chi connectivity index (χ4v) is 3.61. The van der Waals surface area contributed by atoms with Crippen LogP contribution in [0.15, 0.2) is 18.2 Å². The molecule has 3 rings (SSSR count). The van der Waals surface area contributed by atoms with Gasteiger partial charge in [-0.05, 0) is 31.4 Å². The predicted molar refractivity (Wildman–Crippen MR) is 85.2 cm³/mol. The Kier molecular flexibility index (Phi) is 4.48. The molecule has 2 aromatic rings. The zero-order valence-electron chi connectivity index (χ0n) is 12.5. The first-order valence-electron chi connectivity index (χ1n) is 7.95. The molecule has 114 valence electrons. The van der Waals surface area contributed by atoms with E-state index >= 15 is 0 Å². The zero-order chi connectivity index (χ0) is 14.8. The average Bonchev–Trinajstić information content (AvgIpc) is 2.84. The summed E-state index contributed by atoms with van der Waals surface area (Å²) in [6, 6.07) is 4.82. The van der Waals surface area contributed by atoms with Crippen molar-refractivity contribution in [2.45, 2.75) is 57.4 Å². The summed E-state index contributed by atoms with van der Waals surface area (Å²) in [5.41, 5.74) is 1.70. The van der Waals surface area contributed by atoms with Crippen molar-refractivity contribution in [3.8, 4) is 0 Å². The van der Waals surface area contributed by atoms with Crippen LogP contribution in [0.1, 0.15) is 56.7 Å². The van der Waals surface area contributed by atoms with Gasteiger partial charge in [0.15, 0.2) is 0 Å². The number of rotatable bonds is 4. The molecule has 2 nitrogen and oxygen atoms in total. The summed E-state index contributed by atoms with van der Waals surface area (Å²) in [5.74, 6) is 1.43. The minimum Gasteiger partial charge on any atom is -0.327 e. The van der Waals surface area contributed by atoms with Gasteiger partial charge in [0.1, 0.15) is 11.6 Å². The molecule has 1 aromatic carbocycles. The van der Waals surface area contributed by atoms with Crippen molar-refractivity contribution in [3.63, 3.8) is 0 Å². The lowest BCUT2D eigenvalue weighted by molar-refractivity contribution is 0.324. The Bertz CT molecular complexity index is 615. The number of aromatic nitrogens is 2. The largest absolute Gasteiger partial charge is 0.327 e. The molecule has 1 fully saturated rings. The Morgan fingerprint density at radius 2 is 2.10 bits per heavy atom. The van der Waals surface area contributed by atoms with Crippen LogP contribution in [0.5, 0.6) is 0 Å². The molecule has 1 saturated carbocycles. The molecule has 1 aromatic heterocycles. The summed E-state index contributed by atoms with van der Waals surface area (Å²) in [5, 5.41) is -0.160. The molecular formula is C17H22ClFN2. The number of fused-ring (bicyclic) bond motifs is 1. The molecule has 0 amide bonds. The average molecular weight is 309 g/mol. The van der Waals surface area contributed by atoms with E-state index in [-0.39, 0.29) is 11.2 Å². The molecule has 0 spiro atoms. The van der Waals surface area contributed by atoms with E-state index in [4.69, 9.17) is 11.6 Å². The van der Waals surface area contributed by atoms with Gasteiger partial charge in [-0.2, -0.15) is 0 Å². The van der Waals surface area contributed by atoms with Crippen LogP contribution < -0.4 is 0 Å². The maximum Gasteiger partial charge on any atom is 0.127 e. The number of nitrogens with zero attached hydrogens (tertiary/aromatic N) is 2. The van der Waals surface area contributed by atoms with Gasteiger partial charge in [-0.1, -0.05) is 32.1 Å². The second-order valence-corrected chi connectivity index (χ2v) is 6.82. The van der Waals surface area contributed by atoms with Crippen LogP contribution in [-0.4, -0.2) is 9.55 Å². The van der Waals surface area contributed by atoms with Gasteiger partial charge in [-0.3, -0.25) is 0 Å². The molecule has 4 heteroatoms. The van der Waals surface area contributed by atoms with E-state index in [0.29, 0.717) is 5.52 Å². The molecule has 0 radical (unpaired) electrons. The Morgan fingerprint density at radius 3 is 2.81 bits per heavy atom. The fraction of sp³-hybridized carbons (Fsp3) is 0.588. The number of hydrogen-bond donors (Lipinski definition) is 0. The summed E-state index contributed by atoms with van der Waals surface area (Å²) in [4.78, 5) is 4.53. The van der Waals surface area contributed by atoms with Crippen LogP contribution in [0.3, 0.4) is 0 Å². The van der Waals surface area contributed by atoms with E-state index in [1.807, 2.05) is 13.0 Å². The third-order valence-electron chi connectivity index (χ3n) is 4.58. The maximum atomic E-state index is 13.4. The second kappa shape index (κ2) is 6.35. The molecule has 1 atom stereocenters. The van der Waals surface area contributed by atoms with E-state index in [9.17, 15) is 4.39 Å². The Hall–Kier alpha value is -1.09. The smallest absolute Gasteiger partial charge is 0.127 e. The summed E-state index contributed by atoms with van der Waals surface area (Å²) in [7, 11) is 0. The number of alkyl halides is 1. The number of hydrogen-bond acceptors (Lipinski definition) is 1. The summed E-state index contributed by atoms with van der Waals surface area (Å²) >= 11 is 6.26. The first-order valence-corrected chi connectivity index (χ1v) is 8.38. The Morgan fingerprint density at radius 1 is 1.33 bits per heavy atom. The lowest BCUT2D eigenvalue weighted by atomic mass is 9.87. The first kappa shape index (κ1) is 14.8. The molecule has 0 saturated heterocycles. The quantitative estimate of drug-likeness (QED) is 0.687. The van der Waals surface area contributed by atoms with Gasteiger partial charge in [0.05, 0.1) is 16.4 Å². The monoisotopic (exact) mass is 308 g/mol. The topological polar surface area (TPSA) is 17.8 Å². The lowest BCUT2D eigenvalue weighted by Crippen LogP contribution is -2.12. The highest BCUT2D eigenvalue weighted by Crippen LogP contribution is 2.30. The van der Waals surface area contributed by atoms with Crippen molar-refractivity contribution in [1.82, 2.24) is 9.55 Å². The highest BCUT2D eigenvalue weighted by Gasteiger charge is 2.18. The Balaban J connectivity index is 1.86. The van der Waals surface area contributed by atoms with Crippen LogP contribution in [-0.2, 0) is 6.54 Å². The van der Waals surface area contributed by atoms with Gasteiger partial charge in [0.2, 0.25) is 0 Å². The number of benzene rings is 1. The minimum atomic E-state index is -0.242. The van der Waals surface area contributed by atoms with Gasteiger partial charge in [0.25, 0.3) is 0 Å². The van der Waals surface area contributed by atoms with Gasteiger partial charge in [0, 0.05) is 12.6 Å². The zero-order valence-corrected chi connectivity index (χ0v) is 13.2. The van der Waals surface area contributed by atoms with Crippen LogP contribution in [0, 0.1) is 11.7 Å².